The first-order valence-electron chi connectivity index (χ1n) is 12.3. The largest absolute Gasteiger partial charge is 0.478 e. The monoisotopic (exact) mass is 460 g/mol. The highest BCUT2D eigenvalue weighted by molar-refractivity contribution is 5.98. The molecule has 2 saturated heterocycles. The number of amides is 2. The Hall–Kier alpha value is -3.15. The van der Waals surface area contributed by atoms with Gasteiger partial charge >= 0.3 is 5.97 Å². The van der Waals surface area contributed by atoms with E-state index in [1.54, 1.807) is 19.1 Å². The highest BCUT2D eigenvalue weighted by atomic mass is 16.4. The standard InChI is InChI=1S/C28H32N2O4/c1-18(31)29-22(15-19-9-4-3-5-10-19)23-17-28(2)24(29)13-6-7-14-25(28)30(23)26(32)20-11-8-12-21(16-20)27(33)34/h3-5,8-12,16,22-25H,6-7,13-15,17H2,1-2H3,(H,33,34)/t22-,23+,24-,25+,28-/m1/s1. The summed E-state index contributed by atoms with van der Waals surface area (Å²) in [6.07, 6.45) is 5.51. The molecule has 2 bridgehead atoms. The fraction of sp³-hybridized carbons (Fsp3) is 0.464. The number of nitrogens with zero attached hydrogens (tertiary/aromatic N) is 2. The number of benzene rings is 2. The van der Waals surface area contributed by atoms with E-state index in [0.717, 1.165) is 37.7 Å². The smallest absolute Gasteiger partial charge is 0.335 e. The number of aromatic carboxylic acids is 1. The maximum absolute atomic E-state index is 14.0. The number of fused-ring (bicyclic) bond motifs is 1. The molecule has 3 aliphatic rings. The van der Waals surface area contributed by atoms with Crippen LogP contribution in [0.3, 0.4) is 0 Å². The molecule has 0 unspecified atom stereocenters. The van der Waals surface area contributed by atoms with Crippen molar-refractivity contribution in [3.8, 4) is 0 Å². The van der Waals surface area contributed by atoms with Gasteiger partial charge in [0.1, 0.15) is 0 Å². The molecule has 34 heavy (non-hydrogen) atoms. The van der Waals surface area contributed by atoms with Gasteiger partial charge in [0.15, 0.2) is 0 Å². The lowest BCUT2D eigenvalue weighted by atomic mass is 9.69. The molecule has 1 saturated carbocycles. The molecule has 2 amide bonds. The first-order chi connectivity index (χ1) is 16.3. The van der Waals surface area contributed by atoms with Gasteiger partial charge in [-0.1, -0.05) is 56.2 Å². The summed E-state index contributed by atoms with van der Waals surface area (Å²) in [6, 6.07) is 16.5. The summed E-state index contributed by atoms with van der Waals surface area (Å²) in [7, 11) is 0. The Balaban J connectivity index is 1.60. The zero-order valence-corrected chi connectivity index (χ0v) is 19.8. The fourth-order valence-electron chi connectivity index (χ4n) is 7.03. The van der Waals surface area contributed by atoms with Crippen LogP contribution < -0.4 is 0 Å². The normalized spacial score (nSPS) is 30.1. The summed E-state index contributed by atoms with van der Waals surface area (Å²) in [4.78, 5) is 42.8. The van der Waals surface area contributed by atoms with Crippen LogP contribution in [0, 0.1) is 5.41 Å². The van der Waals surface area contributed by atoms with Crippen molar-refractivity contribution in [2.45, 2.75) is 76.5 Å². The van der Waals surface area contributed by atoms with Crippen LogP contribution in [0.5, 0.6) is 0 Å². The first kappa shape index (κ1) is 22.6. The number of hydrogen-bond donors (Lipinski definition) is 1. The minimum atomic E-state index is -1.04. The second-order valence-corrected chi connectivity index (χ2v) is 10.4. The molecule has 0 spiro atoms. The zero-order valence-electron chi connectivity index (χ0n) is 19.8. The molecular weight excluding hydrogens is 428 g/mol. The highest BCUT2D eigenvalue weighted by Crippen LogP contribution is 2.55. The molecule has 0 radical (unpaired) electrons. The Bertz CT molecular complexity index is 1120. The van der Waals surface area contributed by atoms with Crippen molar-refractivity contribution in [2.24, 2.45) is 5.41 Å². The maximum Gasteiger partial charge on any atom is 0.335 e. The number of carboxylic acids is 1. The number of likely N-dealkylation sites (tertiary alicyclic amines) is 2. The van der Waals surface area contributed by atoms with Crippen molar-refractivity contribution in [3.63, 3.8) is 0 Å². The molecule has 2 aliphatic heterocycles. The van der Waals surface area contributed by atoms with E-state index in [4.69, 9.17) is 0 Å². The van der Waals surface area contributed by atoms with Gasteiger partial charge in [-0.2, -0.15) is 0 Å². The molecule has 1 N–H and O–H groups in total. The van der Waals surface area contributed by atoms with Crippen LogP contribution in [0.25, 0.3) is 0 Å². The average Bonchev–Trinajstić information content (AvgIpc) is 2.97. The van der Waals surface area contributed by atoms with Gasteiger partial charge in [0.05, 0.1) is 17.6 Å². The van der Waals surface area contributed by atoms with Gasteiger partial charge in [0, 0.05) is 30.0 Å². The summed E-state index contributed by atoms with van der Waals surface area (Å²) in [6.45, 7) is 3.92. The van der Waals surface area contributed by atoms with Crippen molar-refractivity contribution in [1.29, 1.82) is 0 Å². The number of carbonyl (C=O) groups excluding carboxylic acids is 2. The van der Waals surface area contributed by atoms with Gasteiger partial charge in [0.25, 0.3) is 5.91 Å². The van der Waals surface area contributed by atoms with Crippen molar-refractivity contribution in [2.75, 3.05) is 0 Å². The van der Waals surface area contributed by atoms with Gasteiger partial charge < -0.3 is 14.9 Å². The van der Waals surface area contributed by atoms with Crippen LogP contribution >= 0.6 is 0 Å². The minimum Gasteiger partial charge on any atom is -0.478 e. The molecular formula is C28H32N2O4. The summed E-state index contributed by atoms with van der Waals surface area (Å²) in [5, 5.41) is 9.46. The van der Waals surface area contributed by atoms with E-state index >= 15 is 0 Å². The molecule has 0 aromatic heterocycles. The lowest BCUT2D eigenvalue weighted by Gasteiger charge is -2.50. The third kappa shape index (κ3) is 3.60. The predicted octanol–water partition coefficient (Wildman–Crippen LogP) is 4.39. The van der Waals surface area contributed by atoms with E-state index in [2.05, 4.69) is 24.0 Å². The van der Waals surface area contributed by atoms with Crippen molar-refractivity contribution in [1.82, 2.24) is 9.80 Å². The molecule has 2 heterocycles. The molecule has 2 aromatic carbocycles. The molecule has 5 atom stereocenters. The topological polar surface area (TPSA) is 77.9 Å². The van der Waals surface area contributed by atoms with Gasteiger partial charge in [-0.05, 0) is 49.4 Å². The Labute approximate surface area is 200 Å². The van der Waals surface area contributed by atoms with Crippen LogP contribution in [-0.4, -0.2) is 56.9 Å². The lowest BCUT2D eigenvalue weighted by molar-refractivity contribution is -0.141. The molecule has 5 rings (SSSR count). The van der Waals surface area contributed by atoms with Gasteiger partial charge in [-0.3, -0.25) is 9.59 Å². The fourth-order valence-corrected chi connectivity index (χ4v) is 7.03. The van der Waals surface area contributed by atoms with Gasteiger partial charge in [0.2, 0.25) is 5.91 Å². The third-order valence-electron chi connectivity index (χ3n) is 8.45. The summed E-state index contributed by atoms with van der Waals surface area (Å²) >= 11 is 0. The average molecular weight is 461 g/mol. The van der Waals surface area contributed by atoms with Crippen LogP contribution in [-0.2, 0) is 11.2 Å². The molecule has 2 aromatic rings. The number of hydrogen-bond acceptors (Lipinski definition) is 3. The zero-order chi connectivity index (χ0) is 24.0. The first-order valence-corrected chi connectivity index (χ1v) is 12.3. The minimum absolute atomic E-state index is 0.0357. The molecule has 6 nitrogen and oxygen atoms in total. The molecule has 6 heteroatoms. The van der Waals surface area contributed by atoms with Crippen LogP contribution in [0.15, 0.2) is 54.6 Å². The second kappa shape index (κ2) is 8.57. The highest BCUT2D eigenvalue weighted by Gasteiger charge is 2.63. The third-order valence-corrected chi connectivity index (χ3v) is 8.45. The van der Waals surface area contributed by atoms with E-state index in [-0.39, 0.29) is 47.0 Å². The summed E-state index contributed by atoms with van der Waals surface area (Å²) < 4.78 is 0. The second-order valence-electron chi connectivity index (χ2n) is 10.4. The Kier molecular flexibility index (Phi) is 5.70. The van der Waals surface area contributed by atoms with Crippen LogP contribution in [0.2, 0.25) is 0 Å². The lowest BCUT2D eigenvalue weighted by Crippen LogP contribution is -2.61. The number of piperidine rings is 1. The van der Waals surface area contributed by atoms with Crippen LogP contribution in [0.4, 0.5) is 0 Å². The van der Waals surface area contributed by atoms with E-state index in [1.165, 1.54) is 12.1 Å². The van der Waals surface area contributed by atoms with Crippen molar-refractivity contribution >= 4 is 17.8 Å². The Morgan fingerprint density at radius 1 is 0.941 bits per heavy atom. The SMILES string of the molecule is CC(=O)N1[C@H](Cc2ccccc2)[C@@H]2C[C@@]3(C)[C@H](CCCC[C@@H]13)N2C(=O)c1cccc(C(=O)O)c1. The van der Waals surface area contributed by atoms with E-state index < -0.39 is 5.97 Å². The molecule has 3 fully saturated rings. The van der Waals surface area contributed by atoms with Gasteiger partial charge in [-0.15, -0.1) is 0 Å². The predicted molar refractivity (Wildman–Crippen MR) is 129 cm³/mol. The van der Waals surface area contributed by atoms with Gasteiger partial charge in [-0.25, -0.2) is 4.79 Å². The molecule has 178 valence electrons. The van der Waals surface area contributed by atoms with Crippen molar-refractivity contribution < 1.29 is 19.5 Å². The van der Waals surface area contributed by atoms with Crippen molar-refractivity contribution in [3.05, 3.63) is 71.3 Å². The number of carboxylic acid groups (broad SMARTS) is 1. The Morgan fingerprint density at radius 3 is 2.24 bits per heavy atom. The summed E-state index contributed by atoms with van der Waals surface area (Å²) in [5.41, 5.74) is 1.51. The molecule has 1 aliphatic carbocycles. The summed E-state index contributed by atoms with van der Waals surface area (Å²) in [5.74, 6) is -1.09. The number of carbonyl (C=O) groups is 3. The van der Waals surface area contributed by atoms with E-state index in [0.29, 0.717) is 12.0 Å². The van der Waals surface area contributed by atoms with E-state index in [1.807, 2.05) is 23.1 Å². The Morgan fingerprint density at radius 2 is 1.59 bits per heavy atom. The quantitative estimate of drug-likeness (QED) is 0.734. The van der Waals surface area contributed by atoms with E-state index in [9.17, 15) is 19.5 Å². The maximum atomic E-state index is 14.0. The van der Waals surface area contributed by atoms with Crippen LogP contribution in [0.1, 0.15) is 72.2 Å². The number of rotatable bonds is 4.